The van der Waals surface area contributed by atoms with Gasteiger partial charge in [0.2, 0.25) is 5.95 Å². The zero-order chi connectivity index (χ0) is 12.7. The summed E-state index contributed by atoms with van der Waals surface area (Å²) >= 11 is 1.65. The number of aryl methyl sites for hydroxylation is 2. The van der Waals surface area contributed by atoms with Gasteiger partial charge in [0.05, 0.1) is 11.1 Å². The Morgan fingerprint density at radius 3 is 2.89 bits per heavy atom. The summed E-state index contributed by atoms with van der Waals surface area (Å²) in [6.45, 7) is 4.07. The van der Waals surface area contributed by atoms with Gasteiger partial charge in [0.25, 0.3) is 0 Å². The summed E-state index contributed by atoms with van der Waals surface area (Å²) < 4.78 is 1.75. The molecule has 0 atom stereocenters. The predicted molar refractivity (Wildman–Crippen MR) is 73.1 cm³/mol. The van der Waals surface area contributed by atoms with Gasteiger partial charge in [-0.2, -0.15) is 10.1 Å². The number of fused-ring (bicyclic) bond motifs is 1. The minimum Gasteiger partial charge on any atom is -0.368 e. The van der Waals surface area contributed by atoms with E-state index in [2.05, 4.69) is 28.1 Å². The second-order valence-corrected chi connectivity index (χ2v) is 5.21. The van der Waals surface area contributed by atoms with Gasteiger partial charge >= 0.3 is 0 Å². The van der Waals surface area contributed by atoms with Crippen molar-refractivity contribution in [3.05, 3.63) is 28.9 Å². The molecule has 0 amide bonds. The number of nitrogens with two attached hydrogens (primary N) is 1. The maximum absolute atomic E-state index is 5.76. The summed E-state index contributed by atoms with van der Waals surface area (Å²) in [6.07, 6.45) is 2.87. The van der Waals surface area contributed by atoms with E-state index in [4.69, 9.17) is 5.73 Å². The van der Waals surface area contributed by atoms with Crippen LogP contribution in [0.1, 0.15) is 17.5 Å². The lowest BCUT2D eigenvalue weighted by Crippen LogP contribution is -2.03. The predicted octanol–water partition coefficient (Wildman–Crippen LogP) is 2.33. The number of hydrogen-bond acceptors (Lipinski definition) is 5. The van der Waals surface area contributed by atoms with Crippen LogP contribution in [0.15, 0.2) is 18.3 Å². The van der Waals surface area contributed by atoms with Crippen molar-refractivity contribution in [2.45, 2.75) is 20.3 Å². The van der Waals surface area contributed by atoms with E-state index in [-0.39, 0.29) is 5.95 Å². The van der Waals surface area contributed by atoms with Crippen molar-refractivity contribution in [3.8, 4) is 5.82 Å². The van der Waals surface area contributed by atoms with E-state index >= 15 is 0 Å². The highest BCUT2D eigenvalue weighted by Crippen LogP contribution is 2.28. The molecule has 3 rings (SSSR count). The van der Waals surface area contributed by atoms with E-state index in [0.717, 1.165) is 28.1 Å². The molecule has 0 saturated carbocycles. The number of rotatable bonds is 2. The number of aromatic nitrogens is 4. The number of anilines is 1. The van der Waals surface area contributed by atoms with Crippen LogP contribution in [0.5, 0.6) is 0 Å². The van der Waals surface area contributed by atoms with Crippen LogP contribution in [0, 0.1) is 6.92 Å². The average molecular weight is 259 g/mol. The summed E-state index contributed by atoms with van der Waals surface area (Å²) in [5, 5.41) is 5.39. The Balaban J connectivity index is 2.29. The zero-order valence-corrected chi connectivity index (χ0v) is 11.0. The first-order chi connectivity index (χ1) is 8.67. The standard InChI is InChI=1S/C12H13N5S/c1-3-8-6-9-10(17-5-4-7(2)16-17)14-12(13)15-11(9)18-8/h4-6H,3H2,1-2H3,(H2,13,14,15). The summed E-state index contributed by atoms with van der Waals surface area (Å²) in [7, 11) is 0. The van der Waals surface area contributed by atoms with Crippen LogP contribution in [0.3, 0.4) is 0 Å². The third-order valence-electron chi connectivity index (χ3n) is 2.73. The van der Waals surface area contributed by atoms with Gasteiger partial charge in [-0.15, -0.1) is 11.3 Å². The number of nitrogens with zero attached hydrogens (tertiary/aromatic N) is 4. The van der Waals surface area contributed by atoms with Crippen LogP contribution in [-0.2, 0) is 6.42 Å². The number of thiophene rings is 1. The lowest BCUT2D eigenvalue weighted by molar-refractivity contribution is 0.839. The van der Waals surface area contributed by atoms with E-state index in [1.165, 1.54) is 4.88 Å². The van der Waals surface area contributed by atoms with Crippen LogP contribution < -0.4 is 5.73 Å². The van der Waals surface area contributed by atoms with Gasteiger partial charge in [0, 0.05) is 11.1 Å². The third kappa shape index (κ3) is 1.74. The molecule has 3 aromatic rings. The summed E-state index contributed by atoms with van der Waals surface area (Å²) in [4.78, 5) is 10.8. The minimum absolute atomic E-state index is 0.287. The molecular weight excluding hydrogens is 246 g/mol. The molecule has 0 radical (unpaired) electrons. The van der Waals surface area contributed by atoms with Crippen molar-refractivity contribution in [3.63, 3.8) is 0 Å². The van der Waals surface area contributed by atoms with Crippen LogP contribution >= 0.6 is 11.3 Å². The first-order valence-electron chi connectivity index (χ1n) is 5.76. The average Bonchev–Trinajstić information content (AvgIpc) is 2.93. The quantitative estimate of drug-likeness (QED) is 0.766. The smallest absolute Gasteiger partial charge is 0.223 e. The number of nitrogen functional groups attached to an aromatic ring is 1. The molecule has 0 unspecified atom stereocenters. The van der Waals surface area contributed by atoms with Crippen molar-refractivity contribution >= 4 is 27.5 Å². The fraction of sp³-hybridized carbons (Fsp3) is 0.250. The van der Waals surface area contributed by atoms with Gasteiger partial charge < -0.3 is 5.73 Å². The molecule has 2 N–H and O–H groups in total. The second-order valence-electron chi connectivity index (χ2n) is 4.09. The van der Waals surface area contributed by atoms with E-state index in [1.807, 2.05) is 19.2 Å². The summed E-state index contributed by atoms with van der Waals surface area (Å²) in [5.41, 5.74) is 6.71. The summed E-state index contributed by atoms with van der Waals surface area (Å²) in [5.74, 6) is 1.04. The zero-order valence-electron chi connectivity index (χ0n) is 10.2. The van der Waals surface area contributed by atoms with Gasteiger partial charge in [-0.05, 0) is 25.5 Å². The van der Waals surface area contributed by atoms with Crippen LogP contribution in [0.4, 0.5) is 5.95 Å². The Morgan fingerprint density at radius 1 is 1.39 bits per heavy atom. The molecule has 0 aliphatic carbocycles. The van der Waals surface area contributed by atoms with Gasteiger partial charge in [-0.1, -0.05) is 6.92 Å². The Morgan fingerprint density at radius 2 is 2.22 bits per heavy atom. The number of hydrogen-bond donors (Lipinski definition) is 1. The molecule has 0 aliphatic heterocycles. The van der Waals surface area contributed by atoms with Gasteiger partial charge in [-0.25, -0.2) is 9.67 Å². The molecule has 18 heavy (non-hydrogen) atoms. The molecule has 5 nitrogen and oxygen atoms in total. The highest BCUT2D eigenvalue weighted by atomic mass is 32.1. The minimum atomic E-state index is 0.287. The van der Waals surface area contributed by atoms with Crippen LogP contribution in [0.2, 0.25) is 0 Å². The fourth-order valence-corrected chi connectivity index (χ4v) is 2.82. The van der Waals surface area contributed by atoms with Crippen molar-refractivity contribution in [2.24, 2.45) is 0 Å². The largest absolute Gasteiger partial charge is 0.368 e. The maximum atomic E-state index is 5.76. The molecule has 92 valence electrons. The molecule has 0 bridgehead atoms. The lowest BCUT2D eigenvalue weighted by Gasteiger charge is -2.02. The summed E-state index contributed by atoms with van der Waals surface area (Å²) in [6, 6.07) is 4.06. The van der Waals surface area contributed by atoms with E-state index < -0.39 is 0 Å². The second kappa shape index (κ2) is 4.06. The molecular formula is C12H13N5S. The lowest BCUT2D eigenvalue weighted by atomic mass is 10.3. The first kappa shape index (κ1) is 11.2. The molecule has 6 heteroatoms. The highest BCUT2D eigenvalue weighted by Gasteiger charge is 2.12. The monoisotopic (exact) mass is 259 g/mol. The molecule has 3 aromatic heterocycles. The van der Waals surface area contributed by atoms with Crippen molar-refractivity contribution in [1.29, 1.82) is 0 Å². The van der Waals surface area contributed by atoms with Gasteiger partial charge in [0.15, 0.2) is 5.82 Å². The van der Waals surface area contributed by atoms with E-state index in [1.54, 1.807) is 16.0 Å². The Labute approximate surface area is 108 Å². The van der Waals surface area contributed by atoms with Gasteiger partial charge in [0.1, 0.15) is 4.83 Å². The molecule has 0 fully saturated rings. The van der Waals surface area contributed by atoms with E-state index in [0.29, 0.717) is 0 Å². The molecule has 3 heterocycles. The van der Waals surface area contributed by atoms with Crippen LogP contribution in [-0.4, -0.2) is 19.7 Å². The topological polar surface area (TPSA) is 69.6 Å². The molecule has 0 aromatic carbocycles. The normalized spacial score (nSPS) is 11.2. The van der Waals surface area contributed by atoms with Crippen LogP contribution in [0.25, 0.3) is 16.0 Å². The van der Waals surface area contributed by atoms with Crippen molar-refractivity contribution in [1.82, 2.24) is 19.7 Å². The Kier molecular flexibility index (Phi) is 2.52. The Hall–Kier alpha value is -1.95. The Bertz CT molecular complexity index is 712. The van der Waals surface area contributed by atoms with Crippen molar-refractivity contribution < 1.29 is 0 Å². The van der Waals surface area contributed by atoms with Gasteiger partial charge in [-0.3, -0.25) is 0 Å². The SMILES string of the molecule is CCc1cc2c(-n3ccc(C)n3)nc(N)nc2s1. The molecule has 0 saturated heterocycles. The van der Waals surface area contributed by atoms with E-state index in [9.17, 15) is 0 Å². The maximum Gasteiger partial charge on any atom is 0.223 e. The molecule has 0 aliphatic rings. The highest BCUT2D eigenvalue weighted by molar-refractivity contribution is 7.18. The first-order valence-corrected chi connectivity index (χ1v) is 6.57. The van der Waals surface area contributed by atoms with Crippen molar-refractivity contribution in [2.75, 3.05) is 5.73 Å². The third-order valence-corrected chi connectivity index (χ3v) is 3.90. The molecule has 0 spiro atoms. The fourth-order valence-electron chi connectivity index (χ4n) is 1.85.